The van der Waals surface area contributed by atoms with E-state index in [-0.39, 0.29) is 12.2 Å². The highest BCUT2D eigenvalue weighted by molar-refractivity contribution is 5.79. The van der Waals surface area contributed by atoms with Gasteiger partial charge >= 0.3 is 0 Å². The summed E-state index contributed by atoms with van der Waals surface area (Å²) in [7, 11) is 0. The van der Waals surface area contributed by atoms with E-state index in [9.17, 15) is 9.90 Å². The van der Waals surface area contributed by atoms with Gasteiger partial charge in [0.05, 0.1) is 10.9 Å². The van der Waals surface area contributed by atoms with Gasteiger partial charge in [0.25, 0.3) is 5.56 Å². The van der Waals surface area contributed by atoms with Crippen LogP contribution in [0.15, 0.2) is 53.3 Å². The first kappa shape index (κ1) is 15.8. The van der Waals surface area contributed by atoms with Gasteiger partial charge < -0.3 is 15.0 Å². The molecule has 2 aromatic carbocycles. The molecule has 0 spiro atoms. The fourth-order valence-electron chi connectivity index (χ4n) is 3.43. The van der Waals surface area contributed by atoms with Crippen LogP contribution in [0.5, 0.6) is 0 Å². The Morgan fingerprint density at radius 1 is 1.08 bits per heavy atom. The van der Waals surface area contributed by atoms with Crippen molar-refractivity contribution in [3.63, 3.8) is 0 Å². The molecule has 128 valence electrons. The number of nitrogens with zero attached hydrogens (tertiary/aromatic N) is 2. The fraction of sp³-hybridized carbons (Fsp3) is 0.300. The van der Waals surface area contributed by atoms with E-state index in [4.69, 9.17) is 0 Å². The van der Waals surface area contributed by atoms with Crippen LogP contribution in [0, 0.1) is 5.92 Å². The molecule has 0 amide bonds. The number of anilines is 1. The normalized spacial score (nSPS) is 15.6. The third-order valence-electron chi connectivity index (χ3n) is 4.99. The van der Waals surface area contributed by atoms with Gasteiger partial charge in [-0.3, -0.25) is 4.79 Å². The molecule has 0 aliphatic carbocycles. The van der Waals surface area contributed by atoms with Crippen molar-refractivity contribution < 1.29 is 5.11 Å². The summed E-state index contributed by atoms with van der Waals surface area (Å²) in [5, 5.41) is 9.86. The highest BCUT2D eigenvalue weighted by Crippen LogP contribution is 2.25. The molecule has 3 aromatic rings. The van der Waals surface area contributed by atoms with Crippen molar-refractivity contribution in [1.82, 2.24) is 9.97 Å². The van der Waals surface area contributed by atoms with E-state index in [2.05, 4.69) is 27.0 Å². The second kappa shape index (κ2) is 6.69. The predicted molar refractivity (Wildman–Crippen MR) is 99.8 cm³/mol. The van der Waals surface area contributed by atoms with E-state index in [1.807, 2.05) is 30.3 Å². The maximum Gasteiger partial charge on any atom is 0.259 e. The highest BCUT2D eigenvalue weighted by Gasteiger charge is 2.18. The number of aliphatic hydroxyl groups is 1. The number of aromatic nitrogens is 2. The highest BCUT2D eigenvalue weighted by atomic mass is 16.3. The largest absolute Gasteiger partial charge is 0.396 e. The van der Waals surface area contributed by atoms with E-state index in [0.29, 0.717) is 22.6 Å². The molecular weight excluding hydrogens is 314 g/mol. The van der Waals surface area contributed by atoms with Crippen molar-refractivity contribution in [3.05, 3.63) is 58.9 Å². The van der Waals surface area contributed by atoms with Gasteiger partial charge in [0.15, 0.2) is 0 Å². The number of piperidine rings is 1. The first-order valence-corrected chi connectivity index (χ1v) is 8.70. The van der Waals surface area contributed by atoms with E-state index >= 15 is 0 Å². The Balaban J connectivity index is 1.59. The summed E-state index contributed by atoms with van der Waals surface area (Å²) >= 11 is 0. The van der Waals surface area contributed by atoms with E-state index in [1.165, 1.54) is 5.69 Å². The van der Waals surface area contributed by atoms with Crippen LogP contribution < -0.4 is 10.5 Å². The van der Waals surface area contributed by atoms with Crippen LogP contribution in [0.25, 0.3) is 22.3 Å². The summed E-state index contributed by atoms with van der Waals surface area (Å²) in [6.07, 6.45) is 2.05. The maximum absolute atomic E-state index is 12.2. The molecule has 2 N–H and O–H groups in total. The van der Waals surface area contributed by atoms with Crippen LogP contribution in [0.3, 0.4) is 0 Å². The summed E-state index contributed by atoms with van der Waals surface area (Å²) in [6.45, 7) is 2.22. The second-order valence-electron chi connectivity index (χ2n) is 6.59. The van der Waals surface area contributed by atoms with Crippen molar-refractivity contribution in [2.45, 2.75) is 12.8 Å². The van der Waals surface area contributed by atoms with Gasteiger partial charge in [-0.15, -0.1) is 0 Å². The quantitative estimate of drug-likeness (QED) is 0.772. The van der Waals surface area contributed by atoms with Crippen LogP contribution in [-0.2, 0) is 0 Å². The van der Waals surface area contributed by atoms with E-state index < -0.39 is 0 Å². The Labute approximate surface area is 146 Å². The van der Waals surface area contributed by atoms with Crippen molar-refractivity contribution >= 4 is 16.6 Å². The van der Waals surface area contributed by atoms with Gasteiger partial charge in [0.2, 0.25) is 0 Å². The molecule has 1 aromatic heterocycles. The van der Waals surface area contributed by atoms with Crippen LogP contribution in [-0.4, -0.2) is 34.8 Å². The lowest BCUT2D eigenvalue weighted by Crippen LogP contribution is -2.34. The molecule has 0 radical (unpaired) electrons. The smallest absolute Gasteiger partial charge is 0.259 e. The third-order valence-corrected chi connectivity index (χ3v) is 4.99. The molecule has 2 heterocycles. The number of hydrogen-bond donors (Lipinski definition) is 2. The zero-order valence-electron chi connectivity index (χ0n) is 14.0. The minimum atomic E-state index is -0.115. The first-order chi connectivity index (χ1) is 12.2. The van der Waals surface area contributed by atoms with Crippen LogP contribution in [0.4, 0.5) is 5.69 Å². The zero-order valence-corrected chi connectivity index (χ0v) is 14.0. The molecule has 0 bridgehead atoms. The van der Waals surface area contributed by atoms with Crippen LogP contribution in [0.1, 0.15) is 12.8 Å². The monoisotopic (exact) mass is 335 g/mol. The number of benzene rings is 2. The standard InChI is InChI=1S/C20H21N3O2/c24-13-14-9-11-23(12-10-14)16-7-5-15(6-8-16)19-21-18-4-2-1-3-17(18)20(25)22-19/h1-8,14,24H,9-13H2,(H,21,22,25). The first-order valence-electron chi connectivity index (χ1n) is 8.70. The third kappa shape index (κ3) is 3.15. The van der Waals surface area contributed by atoms with Crippen molar-refractivity contribution in [2.75, 3.05) is 24.6 Å². The topological polar surface area (TPSA) is 69.2 Å². The molecule has 5 heteroatoms. The Hall–Kier alpha value is -2.66. The van der Waals surface area contributed by atoms with Crippen LogP contribution >= 0.6 is 0 Å². The number of nitrogens with one attached hydrogen (secondary N) is 1. The molecule has 1 aliphatic rings. The van der Waals surface area contributed by atoms with Gasteiger partial charge in [-0.2, -0.15) is 0 Å². The molecule has 1 saturated heterocycles. The minimum absolute atomic E-state index is 0.115. The SMILES string of the molecule is O=c1[nH]c(-c2ccc(N3CCC(CO)CC3)cc2)nc2ccccc12. The zero-order chi connectivity index (χ0) is 17.2. The lowest BCUT2D eigenvalue weighted by Gasteiger charge is -2.32. The number of para-hydroxylation sites is 1. The fourth-order valence-corrected chi connectivity index (χ4v) is 3.43. The number of aliphatic hydroxyl groups excluding tert-OH is 1. The number of hydrogen-bond acceptors (Lipinski definition) is 4. The number of H-pyrrole nitrogens is 1. The maximum atomic E-state index is 12.2. The molecule has 0 unspecified atom stereocenters. The average Bonchev–Trinajstić information content (AvgIpc) is 2.68. The molecule has 1 fully saturated rings. The molecule has 1 aliphatic heterocycles. The minimum Gasteiger partial charge on any atom is -0.396 e. The van der Waals surface area contributed by atoms with Crippen molar-refractivity contribution in [3.8, 4) is 11.4 Å². The van der Waals surface area contributed by atoms with Gasteiger partial charge in [-0.25, -0.2) is 4.98 Å². The van der Waals surface area contributed by atoms with E-state index in [0.717, 1.165) is 31.5 Å². The number of rotatable bonds is 3. The summed E-state index contributed by atoms with van der Waals surface area (Å²) in [4.78, 5) is 22.0. The molecule has 25 heavy (non-hydrogen) atoms. The van der Waals surface area contributed by atoms with Crippen molar-refractivity contribution in [1.29, 1.82) is 0 Å². The molecular formula is C20H21N3O2. The molecule has 5 nitrogen and oxygen atoms in total. The van der Waals surface area contributed by atoms with E-state index in [1.54, 1.807) is 6.07 Å². The summed E-state index contributed by atoms with van der Waals surface area (Å²) in [5.74, 6) is 1.02. The Kier molecular flexibility index (Phi) is 4.24. The summed E-state index contributed by atoms with van der Waals surface area (Å²) in [6, 6.07) is 15.5. The lowest BCUT2D eigenvalue weighted by molar-refractivity contribution is 0.203. The van der Waals surface area contributed by atoms with Crippen LogP contribution in [0.2, 0.25) is 0 Å². The van der Waals surface area contributed by atoms with Gasteiger partial charge in [0.1, 0.15) is 5.82 Å². The average molecular weight is 335 g/mol. The Morgan fingerprint density at radius 3 is 2.52 bits per heavy atom. The summed E-state index contributed by atoms with van der Waals surface area (Å²) in [5.41, 5.74) is 2.66. The Bertz CT molecular complexity index is 926. The van der Waals surface area contributed by atoms with Gasteiger partial charge in [0, 0.05) is 30.9 Å². The molecule has 4 rings (SSSR count). The predicted octanol–water partition coefficient (Wildman–Crippen LogP) is 2.80. The van der Waals surface area contributed by atoms with Gasteiger partial charge in [-0.1, -0.05) is 12.1 Å². The van der Waals surface area contributed by atoms with Gasteiger partial charge in [-0.05, 0) is 55.2 Å². The van der Waals surface area contributed by atoms with Crippen molar-refractivity contribution in [2.24, 2.45) is 5.92 Å². The molecule has 0 saturated carbocycles. The summed E-state index contributed by atoms with van der Waals surface area (Å²) < 4.78 is 0. The number of fused-ring (bicyclic) bond motifs is 1. The lowest BCUT2D eigenvalue weighted by atomic mass is 9.97. The number of aromatic amines is 1. The molecule has 0 atom stereocenters. The Morgan fingerprint density at radius 2 is 1.80 bits per heavy atom. The second-order valence-corrected chi connectivity index (χ2v) is 6.59.